The molecule has 0 radical (unpaired) electrons. The molecular weight excluding hydrogens is 152 g/mol. The maximum atomic E-state index is 9.41. The van der Waals surface area contributed by atoms with E-state index >= 15 is 0 Å². The Morgan fingerprint density at radius 1 is 1.58 bits per heavy atom. The topological polar surface area (TPSA) is 35.5 Å². The maximum Gasteiger partial charge on any atom is 0.0677 e. The third-order valence-corrected chi connectivity index (χ3v) is 3.13. The average Bonchev–Trinajstić information content (AvgIpc) is 2.49. The highest BCUT2D eigenvalue weighted by atomic mass is 16.3. The highest BCUT2D eigenvalue weighted by Crippen LogP contribution is 2.20. The minimum atomic E-state index is -0.216. The fourth-order valence-corrected chi connectivity index (χ4v) is 2.29. The van der Waals surface area contributed by atoms with Crippen LogP contribution in [0.2, 0.25) is 0 Å². The van der Waals surface area contributed by atoms with Crippen molar-refractivity contribution in [1.82, 2.24) is 10.2 Å². The summed E-state index contributed by atoms with van der Waals surface area (Å²) in [4.78, 5) is 2.51. The Bertz CT molecular complexity index is 161. The zero-order valence-corrected chi connectivity index (χ0v) is 7.66. The summed E-state index contributed by atoms with van der Waals surface area (Å²) in [5.74, 6) is 0. The average molecular weight is 170 g/mol. The SMILES string of the molecule is C[C@@H](O)[C@H]1CN2CCC[C@H]2CN1. The molecule has 12 heavy (non-hydrogen) atoms. The van der Waals surface area contributed by atoms with Crippen LogP contribution in [0.5, 0.6) is 0 Å². The molecular formula is C9H18N2O. The van der Waals surface area contributed by atoms with Crippen LogP contribution in [0.4, 0.5) is 0 Å². The molecule has 0 unspecified atom stereocenters. The van der Waals surface area contributed by atoms with Crippen LogP contribution in [0.1, 0.15) is 19.8 Å². The van der Waals surface area contributed by atoms with Crippen molar-refractivity contribution in [2.75, 3.05) is 19.6 Å². The summed E-state index contributed by atoms with van der Waals surface area (Å²) in [5.41, 5.74) is 0. The molecule has 0 aromatic carbocycles. The lowest BCUT2D eigenvalue weighted by Gasteiger charge is -2.37. The van der Waals surface area contributed by atoms with Gasteiger partial charge in [-0.05, 0) is 26.3 Å². The summed E-state index contributed by atoms with van der Waals surface area (Å²) < 4.78 is 0. The van der Waals surface area contributed by atoms with Gasteiger partial charge in [-0.2, -0.15) is 0 Å². The molecule has 3 nitrogen and oxygen atoms in total. The number of hydrogen-bond acceptors (Lipinski definition) is 3. The molecule has 3 heteroatoms. The molecule has 3 atom stereocenters. The molecule has 0 bridgehead atoms. The molecule has 2 saturated heterocycles. The summed E-state index contributed by atoms with van der Waals surface area (Å²) in [7, 11) is 0. The lowest BCUT2D eigenvalue weighted by atomic mass is 10.1. The van der Waals surface area contributed by atoms with Gasteiger partial charge in [0, 0.05) is 25.2 Å². The number of fused-ring (bicyclic) bond motifs is 1. The first-order chi connectivity index (χ1) is 5.77. The van der Waals surface area contributed by atoms with Crippen molar-refractivity contribution < 1.29 is 5.11 Å². The van der Waals surface area contributed by atoms with Crippen LogP contribution in [0.25, 0.3) is 0 Å². The Kier molecular flexibility index (Phi) is 2.35. The molecule has 2 aliphatic rings. The minimum absolute atomic E-state index is 0.216. The largest absolute Gasteiger partial charge is 0.392 e. The van der Waals surface area contributed by atoms with Gasteiger partial charge in [0.2, 0.25) is 0 Å². The first kappa shape index (κ1) is 8.48. The van der Waals surface area contributed by atoms with E-state index < -0.39 is 0 Å². The quantitative estimate of drug-likeness (QED) is 0.572. The van der Waals surface area contributed by atoms with E-state index in [0.717, 1.165) is 19.1 Å². The highest BCUT2D eigenvalue weighted by molar-refractivity contribution is 4.91. The second-order valence-electron chi connectivity index (χ2n) is 4.05. The van der Waals surface area contributed by atoms with E-state index in [1.165, 1.54) is 19.4 Å². The highest BCUT2D eigenvalue weighted by Gasteiger charge is 2.32. The van der Waals surface area contributed by atoms with Crippen molar-refractivity contribution in [1.29, 1.82) is 0 Å². The fraction of sp³-hybridized carbons (Fsp3) is 1.00. The second-order valence-corrected chi connectivity index (χ2v) is 4.05. The molecule has 0 aliphatic carbocycles. The summed E-state index contributed by atoms with van der Waals surface area (Å²) >= 11 is 0. The molecule has 0 amide bonds. The van der Waals surface area contributed by atoms with E-state index in [1.54, 1.807) is 0 Å². The van der Waals surface area contributed by atoms with E-state index in [4.69, 9.17) is 0 Å². The monoisotopic (exact) mass is 170 g/mol. The van der Waals surface area contributed by atoms with Crippen molar-refractivity contribution in [2.45, 2.75) is 38.0 Å². The minimum Gasteiger partial charge on any atom is -0.392 e. The third kappa shape index (κ3) is 1.49. The Balaban J connectivity index is 1.92. The van der Waals surface area contributed by atoms with E-state index in [9.17, 15) is 5.11 Å². The van der Waals surface area contributed by atoms with E-state index in [2.05, 4.69) is 10.2 Å². The van der Waals surface area contributed by atoms with Crippen LogP contribution >= 0.6 is 0 Å². The van der Waals surface area contributed by atoms with Crippen LogP contribution in [0.3, 0.4) is 0 Å². The van der Waals surface area contributed by atoms with Gasteiger partial charge < -0.3 is 10.4 Å². The van der Waals surface area contributed by atoms with E-state index in [-0.39, 0.29) is 6.10 Å². The van der Waals surface area contributed by atoms with Crippen molar-refractivity contribution in [3.63, 3.8) is 0 Å². The number of rotatable bonds is 1. The first-order valence-electron chi connectivity index (χ1n) is 4.93. The zero-order valence-electron chi connectivity index (χ0n) is 7.66. The predicted octanol–water partition coefficient (Wildman–Crippen LogP) is -0.197. The number of nitrogens with zero attached hydrogens (tertiary/aromatic N) is 1. The van der Waals surface area contributed by atoms with Crippen molar-refractivity contribution in [3.8, 4) is 0 Å². The second kappa shape index (κ2) is 3.32. The molecule has 70 valence electrons. The molecule has 0 aromatic rings. The Hall–Kier alpha value is -0.120. The van der Waals surface area contributed by atoms with Gasteiger partial charge >= 0.3 is 0 Å². The van der Waals surface area contributed by atoms with Gasteiger partial charge in [0.1, 0.15) is 0 Å². The molecule has 2 aliphatic heterocycles. The summed E-state index contributed by atoms with van der Waals surface area (Å²) in [5, 5.41) is 12.8. The lowest BCUT2D eigenvalue weighted by molar-refractivity contribution is 0.0805. The van der Waals surface area contributed by atoms with Crippen LogP contribution in [0, 0.1) is 0 Å². The standard InChI is InChI=1S/C9H18N2O/c1-7(12)9-6-11-4-2-3-8(11)5-10-9/h7-10,12H,2-6H2,1H3/t7-,8+,9-/m1/s1. The number of hydrogen-bond donors (Lipinski definition) is 2. The summed E-state index contributed by atoms with van der Waals surface area (Å²) in [6.45, 7) is 5.20. The third-order valence-electron chi connectivity index (χ3n) is 3.13. The predicted molar refractivity (Wildman–Crippen MR) is 48.1 cm³/mol. The van der Waals surface area contributed by atoms with Crippen molar-refractivity contribution >= 4 is 0 Å². The molecule has 2 fully saturated rings. The van der Waals surface area contributed by atoms with E-state index in [1.807, 2.05) is 6.92 Å². The molecule has 2 heterocycles. The Morgan fingerprint density at radius 3 is 3.17 bits per heavy atom. The molecule has 0 saturated carbocycles. The van der Waals surface area contributed by atoms with Gasteiger partial charge in [0.05, 0.1) is 6.10 Å². The van der Waals surface area contributed by atoms with Crippen LogP contribution in [0.15, 0.2) is 0 Å². The van der Waals surface area contributed by atoms with Gasteiger partial charge in [-0.15, -0.1) is 0 Å². The van der Waals surface area contributed by atoms with Gasteiger partial charge in [-0.1, -0.05) is 0 Å². The zero-order chi connectivity index (χ0) is 8.55. The smallest absolute Gasteiger partial charge is 0.0677 e. The van der Waals surface area contributed by atoms with E-state index in [0.29, 0.717) is 6.04 Å². The van der Waals surface area contributed by atoms with Crippen LogP contribution < -0.4 is 5.32 Å². The van der Waals surface area contributed by atoms with Gasteiger partial charge in [0.15, 0.2) is 0 Å². The molecule has 2 N–H and O–H groups in total. The summed E-state index contributed by atoms with van der Waals surface area (Å²) in [6, 6.07) is 1.04. The number of piperazine rings is 1. The lowest BCUT2D eigenvalue weighted by Crippen LogP contribution is -2.57. The first-order valence-corrected chi connectivity index (χ1v) is 4.93. The van der Waals surface area contributed by atoms with Gasteiger partial charge in [0.25, 0.3) is 0 Å². The Labute approximate surface area is 73.8 Å². The van der Waals surface area contributed by atoms with Crippen LogP contribution in [-0.4, -0.2) is 47.8 Å². The normalized spacial score (nSPS) is 39.5. The molecule has 0 aromatic heterocycles. The van der Waals surface area contributed by atoms with Crippen molar-refractivity contribution in [3.05, 3.63) is 0 Å². The van der Waals surface area contributed by atoms with Crippen LogP contribution in [-0.2, 0) is 0 Å². The molecule has 0 spiro atoms. The summed E-state index contributed by atoms with van der Waals surface area (Å²) in [6.07, 6.45) is 2.45. The maximum absolute atomic E-state index is 9.41. The number of nitrogens with one attached hydrogen (secondary N) is 1. The van der Waals surface area contributed by atoms with Crippen molar-refractivity contribution in [2.24, 2.45) is 0 Å². The number of aliphatic hydroxyl groups excluding tert-OH is 1. The van der Waals surface area contributed by atoms with Gasteiger partial charge in [-0.3, -0.25) is 4.90 Å². The fourth-order valence-electron chi connectivity index (χ4n) is 2.29. The Morgan fingerprint density at radius 2 is 2.42 bits per heavy atom. The molecule has 2 rings (SSSR count). The van der Waals surface area contributed by atoms with Gasteiger partial charge in [-0.25, -0.2) is 0 Å². The number of aliphatic hydroxyl groups is 1.